The van der Waals surface area contributed by atoms with Gasteiger partial charge in [0.2, 0.25) is 0 Å². The third-order valence-electron chi connectivity index (χ3n) is 3.62. The molecule has 140 valence electrons. The number of ether oxygens (including phenoxy) is 2. The molecule has 2 N–H and O–H groups in total. The summed E-state index contributed by atoms with van der Waals surface area (Å²) in [6.07, 6.45) is 0. The second-order valence-corrected chi connectivity index (χ2v) is 7.37. The highest BCUT2D eigenvalue weighted by Crippen LogP contribution is 2.29. The van der Waals surface area contributed by atoms with Crippen LogP contribution < -0.4 is 14.2 Å². The molecule has 0 bridgehead atoms. The first-order chi connectivity index (χ1) is 12.3. The minimum absolute atomic E-state index is 0.261. The molecule has 0 radical (unpaired) electrons. The third kappa shape index (κ3) is 4.24. The molecule has 0 unspecified atom stereocenters. The van der Waals surface area contributed by atoms with Crippen LogP contribution in [0, 0.1) is 0 Å². The number of oxime groups is 1. The smallest absolute Gasteiger partial charge is 0.301 e. The summed E-state index contributed by atoms with van der Waals surface area (Å²) in [7, 11) is 2.25. The minimum atomic E-state index is -3.64. The standard InChI is InChI=1S/C17H21N3O5S/c1-20(2)26(22,23)19-14-7-5-6-12(10-14)17(18-21)13-8-9-15(24-3)16(11-13)25-4/h5-11,19,21H,1-4H3/b18-17+. The molecule has 2 rings (SSSR count). The van der Waals surface area contributed by atoms with Crippen LogP contribution in [0.4, 0.5) is 5.69 Å². The molecule has 26 heavy (non-hydrogen) atoms. The number of nitrogens with zero attached hydrogens (tertiary/aromatic N) is 2. The first kappa shape index (κ1) is 19.5. The van der Waals surface area contributed by atoms with Crippen LogP contribution in [-0.4, -0.2) is 52.0 Å². The van der Waals surface area contributed by atoms with Crippen molar-refractivity contribution in [3.05, 3.63) is 53.6 Å². The molecule has 0 fully saturated rings. The van der Waals surface area contributed by atoms with Crippen molar-refractivity contribution in [3.8, 4) is 11.5 Å². The lowest BCUT2D eigenvalue weighted by atomic mass is 10.0. The maximum Gasteiger partial charge on any atom is 0.301 e. The maximum absolute atomic E-state index is 12.0. The van der Waals surface area contributed by atoms with Crippen LogP contribution in [0.1, 0.15) is 11.1 Å². The molecular weight excluding hydrogens is 358 g/mol. The Balaban J connectivity index is 2.42. The molecule has 0 amide bonds. The van der Waals surface area contributed by atoms with Gasteiger partial charge in [0.25, 0.3) is 0 Å². The zero-order valence-electron chi connectivity index (χ0n) is 14.9. The topological polar surface area (TPSA) is 100 Å². The highest BCUT2D eigenvalue weighted by atomic mass is 32.2. The van der Waals surface area contributed by atoms with Crippen LogP contribution in [0.25, 0.3) is 0 Å². The summed E-state index contributed by atoms with van der Waals surface area (Å²) in [6, 6.07) is 11.6. The Labute approximate surface area is 152 Å². The van der Waals surface area contributed by atoms with Gasteiger partial charge in [-0.3, -0.25) is 4.72 Å². The zero-order chi connectivity index (χ0) is 19.3. The Morgan fingerprint density at radius 3 is 2.27 bits per heavy atom. The highest BCUT2D eigenvalue weighted by Gasteiger charge is 2.16. The predicted octanol–water partition coefficient (Wildman–Crippen LogP) is 2.15. The van der Waals surface area contributed by atoms with Gasteiger partial charge in [0, 0.05) is 25.2 Å². The quantitative estimate of drug-likeness (QED) is 0.436. The number of nitrogens with one attached hydrogen (secondary N) is 1. The lowest BCUT2D eigenvalue weighted by Gasteiger charge is -2.14. The van der Waals surface area contributed by atoms with Gasteiger partial charge in [-0.05, 0) is 30.3 Å². The monoisotopic (exact) mass is 379 g/mol. The Bertz CT molecular complexity index is 910. The summed E-state index contributed by atoms with van der Waals surface area (Å²) in [5, 5.41) is 12.9. The van der Waals surface area contributed by atoms with E-state index >= 15 is 0 Å². The summed E-state index contributed by atoms with van der Waals surface area (Å²) in [5.41, 5.74) is 1.71. The maximum atomic E-state index is 12.0. The largest absolute Gasteiger partial charge is 0.493 e. The van der Waals surface area contributed by atoms with Crippen molar-refractivity contribution in [2.24, 2.45) is 5.16 Å². The van der Waals surface area contributed by atoms with Crippen LogP contribution >= 0.6 is 0 Å². The summed E-state index contributed by atoms with van der Waals surface area (Å²) >= 11 is 0. The SMILES string of the molecule is COc1ccc(/C(=N/O)c2cccc(NS(=O)(=O)N(C)C)c2)cc1OC. The van der Waals surface area contributed by atoms with Crippen LogP contribution in [0.2, 0.25) is 0 Å². The lowest BCUT2D eigenvalue weighted by Crippen LogP contribution is -2.29. The fourth-order valence-electron chi connectivity index (χ4n) is 2.24. The number of hydrogen-bond acceptors (Lipinski definition) is 6. The molecule has 2 aromatic rings. The van der Waals surface area contributed by atoms with Gasteiger partial charge in [-0.25, -0.2) is 0 Å². The molecule has 0 aliphatic carbocycles. The van der Waals surface area contributed by atoms with Gasteiger partial charge in [0.1, 0.15) is 5.71 Å². The molecule has 0 aliphatic rings. The van der Waals surface area contributed by atoms with Gasteiger partial charge in [-0.2, -0.15) is 12.7 Å². The molecule has 9 heteroatoms. The number of hydrogen-bond donors (Lipinski definition) is 2. The fourth-order valence-corrected chi connectivity index (χ4v) is 2.84. The van der Waals surface area contributed by atoms with E-state index in [4.69, 9.17) is 9.47 Å². The molecular formula is C17H21N3O5S. The first-order valence-electron chi connectivity index (χ1n) is 7.57. The average molecular weight is 379 g/mol. The van der Waals surface area contributed by atoms with Crippen molar-refractivity contribution in [2.75, 3.05) is 33.0 Å². The van der Waals surface area contributed by atoms with E-state index in [0.717, 1.165) is 4.31 Å². The molecule has 0 saturated heterocycles. The first-order valence-corrected chi connectivity index (χ1v) is 9.01. The van der Waals surface area contributed by atoms with Crippen LogP contribution in [0.5, 0.6) is 11.5 Å². The van der Waals surface area contributed by atoms with Gasteiger partial charge in [0.05, 0.1) is 19.9 Å². The van der Waals surface area contributed by atoms with Gasteiger partial charge < -0.3 is 14.7 Å². The summed E-state index contributed by atoms with van der Waals surface area (Å²) in [5.74, 6) is 1.02. The Morgan fingerprint density at radius 1 is 1.04 bits per heavy atom. The Hall–Kier alpha value is -2.78. The average Bonchev–Trinajstić information content (AvgIpc) is 2.62. The number of anilines is 1. The zero-order valence-corrected chi connectivity index (χ0v) is 15.7. The van der Waals surface area contributed by atoms with Crippen molar-refractivity contribution < 1.29 is 23.1 Å². The van der Waals surface area contributed by atoms with Crippen LogP contribution in [0.15, 0.2) is 47.6 Å². The summed E-state index contributed by atoms with van der Waals surface area (Å²) in [4.78, 5) is 0. The van der Waals surface area contributed by atoms with Gasteiger partial charge >= 0.3 is 10.2 Å². The Kier molecular flexibility index (Phi) is 6.06. The molecule has 0 spiro atoms. The predicted molar refractivity (Wildman–Crippen MR) is 99.6 cm³/mol. The van der Waals surface area contributed by atoms with Crippen LogP contribution in [-0.2, 0) is 10.2 Å². The summed E-state index contributed by atoms with van der Waals surface area (Å²) < 4.78 is 37.9. The van der Waals surface area contributed by atoms with Crippen molar-refractivity contribution in [3.63, 3.8) is 0 Å². The van der Waals surface area contributed by atoms with E-state index in [9.17, 15) is 13.6 Å². The van der Waals surface area contributed by atoms with E-state index < -0.39 is 10.2 Å². The molecule has 0 aliphatic heterocycles. The molecule has 0 atom stereocenters. The molecule has 0 heterocycles. The van der Waals surface area contributed by atoms with Gasteiger partial charge in [-0.1, -0.05) is 17.3 Å². The van der Waals surface area contributed by atoms with Crippen LogP contribution in [0.3, 0.4) is 0 Å². The number of benzene rings is 2. The van der Waals surface area contributed by atoms with Crippen molar-refractivity contribution >= 4 is 21.6 Å². The molecule has 8 nitrogen and oxygen atoms in total. The van der Waals surface area contributed by atoms with Gasteiger partial charge in [0.15, 0.2) is 11.5 Å². The van der Waals surface area contributed by atoms with E-state index in [1.54, 1.807) is 42.5 Å². The molecule has 2 aromatic carbocycles. The van der Waals surface area contributed by atoms with Crippen molar-refractivity contribution in [1.82, 2.24) is 4.31 Å². The van der Waals surface area contributed by atoms with E-state index in [2.05, 4.69) is 9.88 Å². The Morgan fingerprint density at radius 2 is 1.69 bits per heavy atom. The van der Waals surface area contributed by atoms with E-state index in [0.29, 0.717) is 28.3 Å². The van der Waals surface area contributed by atoms with E-state index in [1.165, 1.54) is 28.3 Å². The summed E-state index contributed by atoms with van der Waals surface area (Å²) in [6.45, 7) is 0. The second kappa shape index (κ2) is 8.07. The molecule has 0 aromatic heterocycles. The minimum Gasteiger partial charge on any atom is -0.493 e. The fraction of sp³-hybridized carbons (Fsp3) is 0.235. The third-order valence-corrected chi connectivity index (χ3v) is 5.08. The second-order valence-electron chi connectivity index (χ2n) is 5.49. The van der Waals surface area contributed by atoms with E-state index in [-0.39, 0.29) is 5.71 Å². The molecule has 0 saturated carbocycles. The highest BCUT2D eigenvalue weighted by molar-refractivity contribution is 7.90. The normalized spacial score (nSPS) is 12.1. The van der Waals surface area contributed by atoms with E-state index in [1.807, 2.05) is 0 Å². The van der Waals surface area contributed by atoms with Crippen molar-refractivity contribution in [2.45, 2.75) is 0 Å². The number of methoxy groups -OCH3 is 2. The lowest BCUT2D eigenvalue weighted by molar-refractivity contribution is 0.319. The number of rotatable bonds is 7. The van der Waals surface area contributed by atoms with Gasteiger partial charge in [-0.15, -0.1) is 0 Å². The van der Waals surface area contributed by atoms with Crippen molar-refractivity contribution in [1.29, 1.82) is 0 Å².